The Balaban J connectivity index is 1.94. The molecular weight excluding hydrogens is 268 g/mol. The van der Waals surface area contributed by atoms with E-state index in [1.807, 2.05) is 60.0 Å². The molecule has 96 valence electrons. The predicted octanol–water partition coefficient (Wildman–Crippen LogP) is 4.88. The Bertz CT molecular complexity index is 917. The van der Waals surface area contributed by atoms with E-state index in [1.54, 1.807) is 0 Å². The predicted molar refractivity (Wildman–Crippen MR) is 81.5 cm³/mol. The minimum absolute atomic E-state index is 0.0622. The number of hydrogen-bond donors (Lipinski definition) is 0. The molecule has 0 N–H and O–H groups in total. The third kappa shape index (κ3) is 1.67. The lowest BCUT2D eigenvalue weighted by molar-refractivity contribution is 0.104. The lowest BCUT2D eigenvalue weighted by Crippen LogP contribution is -1.97. The molecule has 0 radical (unpaired) electrons. The van der Waals surface area contributed by atoms with Crippen LogP contribution in [0.2, 0.25) is 0 Å². The van der Waals surface area contributed by atoms with Crippen LogP contribution in [0.25, 0.3) is 21.9 Å². The van der Waals surface area contributed by atoms with E-state index < -0.39 is 0 Å². The highest BCUT2D eigenvalue weighted by molar-refractivity contribution is 7.12. The summed E-state index contributed by atoms with van der Waals surface area (Å²) in [6.07, 6.45) is 0. The summed E-state index contributed by atoms with van der Waals surface area (Å²) in [5, 5.41) is 3.95. The first kappa shape index (κ1) is 11.4. The fraction of sp³-hybridized carbons (Fsp3) is 0. The Hall–Kier alpha value is -2.39. The van der Waals surface area contributed by atoms with Gasteiger partial charge in [0.05, 0.1) is 4.88 Å². The fourth-order valence-electron chi connectivity index (χ4n) is 2.42. The second-order valence-corrected chi connectivity index (χ2v) is 5.56. The number of thiophene rings is 1. The topological polar surface area (TPSA) is 30.2 Å². The Morgan fingerprint density at radius 3 is 2.60 bits per heavy atom. The summed E-state index contributed by atoms with van der Waals surface area (Å²) in [6, 6.07) is 17.2. The molecule has 2 heterocycles. The minimum Gasteiger partial charge on any atom is -0.456 e. The SMILES string of the molecule is O=C(c1ccc2oc3ccccc3c2c1)c1cccs1. The lowest BCUT2D eigenvalue weighted by atomic mass is 10.1. The second kappa shape index (κ2) is 4.32. The first-order valence-electron chi connectivity index (χ1n) is 6.32. The van der Waals surface area contributed by atoms with Crippen LogP contribution in [0.5, 0.6) is 0 Å². The van der Waals surface area contributed by atoms with E-state index in [0.717, 1.165) is 26.8 Å². The normalized spacial score (nSPS) is 11.2. The van der Waals surface area contributed by atoms with Gasteiger partial charge in [0.25, 0.3) is 0 Å². The van der Waals surface area contributed by atoms with E-state index in [0.29, 0.717) is 5.56 Å². The van der Waals surface area contributed by atoms with Gasteiger partial charge in [-0.2, -0.15) is 0 Å². The standard InChI is InChI=1S/C17H10O2S/c18-17(16-6-3-9-20-16)11-7-8-15-13(10-11)12-4-1-2-5-14(12)19-15/h1-10H. The molecule has 0 atom stereocenters. The zero-order chi connectivity index (χ0) is 13.5. The summed E-state index contributed by atoms with van der Waals surface area (Å²) in [5.74, 6) is 0.0622. The summed E-state index contributed by atoms with van der Waals surface area (Å²) >= 11 is 1.46. The monoisotopic (exact) mass is 278 g/mol. The van der Waals surface area contributed by atoms with Crippen molar-refractivity contribution in [3.8, 4) is 0 Å². The lowest BCUT2D eigenvalue weighted by Gasteiger charge is -1.98. The van der Waals surface area contributed by atoms with Gasteiger partial charge in [-0.15, -0.1) is 11.3 Å². The van der Waals surface area contributed by atoms with Gasteiger partial charge in [0, 0.05) is 16.3 Å². The Morgan fingerprint density at radius 1 is 0.900 bits per heavy atom. The molecule has 2 aromatic heterocycles. The number of benzene rings is 2. The number of hydrogen-bond acceptors (Lipinski definition) is 3. The molecular formula is C17H10O2S. The third-order valence-electron chi connectivity index (χ3n) is 3.38. The maximum atomic E-state index is 12.4. The van der Waals surface area contributed by atoms with E-state index in [-0.39, 0.29) is 5.78 Å². The molecule has 0 aliphatic rings. The summed E-state index contributed by atoms with van der Waals surface area (Å²) in [6.45, 7) is 0. The highest BCUT2D eigenvalue weighted by Crippen LogP contribution is 2.30. The Labute approximate surface area is 119 Å². The first-order chi connectivity index (χ1) is 9.83. The summed E-state index contributed by atoms with van der Waals surface area (Å²) in [7, 11) is 0. The molecule has 0 amide bonds. The number of furan rings is 1. The molecule has 0 aliphatic heterocycles. The highest BCUT2D eigenvalue weighted by Gasteiger charge is 2.13. The molecule has 4 rings (SSSR count). The van der Waals surface area contributed by atoms with Crippen LogP contribution in [0, 0.1) is 0 Å². The average molecular weight is 278 g/mol. The number of carbonyl (C=O) groups excluding carboxylic acids is 1. The number of rotatable bonds is 2. The molecule has 0 bridgehead atoms. The van der Waals surface area contributed by atoms with Crippen LogP contribution in [0.1, 0.15) is 15.2 Å². The zero-order valence-electron chi connectivity index (χ0n) is 10.5. The smallest absolute Gasteiger partial charge is 0.202 e. The van der Waals surface area contributed by atoms with Crippen molar-refractivity contribution in [3.05, 3.63) is 70.4 Å². The van der Waals surface area contributed by atoms with Gasteiger partial charge in [-0.3, -0.25) is 4.79 Å². The number of carbonyl (C=O) groups is 1. The van der Waals surface area contributed by atoms with Gasteiger partial charge in [-0.1, -0.05) is 24.3 Å². The maximum Gasteiger partial charge on any atom is 0.202 e. The van der Waals surface area contributed by atoms with E-state index in [1.165, 1.54) is 11.3 Å². The van der Waals surface area contributed by atoms with Crippen LogP contribution in [0.4, 0.5) is 0 Å². The van der Waals surface area contributed by atoms with Crippen molar-refractivity contribution < 1.29 is 9.21 Å². The molecule has 0 saturated carbocycles. The van der Waals surface area contributed by atoms with Gasteiger partial charge >= 0.3 is 0 Å². The molecule has 0 saturated heterocycles. The van der Waals surface area contributed by atoms with Crippen molar-refractivity contribution in [2.24, 2.45) is 0 Å². The van der Waals surface area contributed by atoms with E-state index in [4.69, 9.17) is 4.42 Å². The van der Waals surface area contributed by atoms with Gasteiger partial charge in [0.2, 0.25) is 5.78 Å². The van der Waals surface area contributed by atoms with Gasteiger partial charge in [-0.25, -0.2) is 0 Å². The van der Waals surface area contributed by atoms with Gasteiger partial charge in [-0.05, 0) is 35.7 Å². The van der Waals surface area contributed by atoms with Crippen molar-refractivity contribution in [3.63, 3.8) is 0 Å². The summed E-state index contributed by atoms with van der Waals surface area (Å²) in [5.41, 5.74) is 2.36. The number of ketones is 1. The molecule has 3 heteroatoms. The van der Waals surface area contributed by atoms with Gasteiger partial charge in [0.15, 0.2) is 0 Å². The number of fused-ring (bicyclic) bond motifs is 3. The molecule has 0 fully saturated rings. The molecule has 20 heavy (non-hydrogen) atoms. The van der Waals surface area contributed by atoms with Crippen LogP contribution < -0.4 is 0 Å². The highest BCUT2D eigenvalue weighted by atomic mass is 32.1. The maximum absolute atomic E-state index is 12.4. The zero-order valence-corrected chi connectivity index (χ0v) is 11.3. The summed E-state index contributed by atoms with van der Waals surface area (Å²) < 4.78 is 5.77. The van der Waals surface area contributed by atoms with E-state index in [2.05, 4.69) is 0 Å². The third-order valence-corrected chi connectivity index (χ3v) is 4.25. The summed E-state index contributed by atoms with van der Waals surface area (Å²) in [4.78, 5) is 13.2. The molecule has 4 aromatic rings. The van der Waals surface area contributed by atoms with Gasteiger partial charge in [0.1, 0.15) is 11.2 Å². The van der Waals surface area contributed by atoms with Crippen LogP contribution in [0.3, 0.4) is 0 Å². The van der Waals surface area contributed by atoms with Crippen LogP contribution >= 0.6 is 11.3 Å². The average Bonchev–Trinajstić information content (AvgIpc) is 3.13. The quantitative estimate of drug-likeness (QED) is 0.489. The largest absolute Gasteiger partial charge is 0.456 e. The molecule has 0 unspecified atom stereocenters. The molecule has 2 nitrogen and oxygen atoms in total. The van der Waals surface area contributed by atoms with Crippen LogP contribution in [-0.4, -0.2) is 5.78 Å². The van der Waals surface area contributed by atoms with Crippen LogP contribution in [0.15, 0.2) is 64.4 Å². The van der Waals surface area contributed by atoms with E-state index in [9.17, 15) is 4.79 Å². The van der Waals surface area contributed by atoms with Crippen LogP contribution in [-0.2, 0) is 0 Å². The molecule has 0 aliphatic carbocycles. The first-order valence-corrected chi connectivity index (χ1v) is 7.20. The van der Waals surface area contributed by atoms with Gasteiger partial charge < -0.3 is 4.42 Å². The fourth-order valence-corrected chi connectivity index (χ4v) is 3.10. The Kier molecular flexibility index (Phi) is 2.47. The minimum atomic E-state index is 0.0622. The molecule has 2 aromatic carbocycles. The number of para-hydroxylation sites is 1. The van der Waals surface area contributed by atoms with E-state index >= 15 is 0 Å². The van der Waals surface area contributed by atoms with Crippen molar-refractivity contribution in [2.75, 3.05) is 0 Å². The Morgan fingerprint density at radius 2 is 1.75 bits per heavy atom. The second-order valence-electron chi connectivity index (χ2n) is 4.62. The molecule has 0 spiro atoms. The van der Waals surface area contributed by atoms with Crippen molar-refractivity contribution in [2.45, 2.75) is 0 Å². The van der Waals surface area contributed by atoms with Crippen molar-refractivity contribution in [1.82, 2.24) is 0 Å². The van der Waals surface area contributed by atoms with Crippen molar-refractivity contribution >= 4 is 39.1 Å². The van der Waals surface area contributed by atoms with Crippen molar-refractivity contribution in [1.29, 1.82) is 0 Å².